The van der Waals surface area contributed by atoms with Gasteiger partial charge in [0.15, 0.2) is 0 Å². The second-order valence-corrected chi connectivity index (χ2v) is 2.86. The van der Waals surface area contributed by atoms with E-state index in [4.69, 9.17) is 16.2 Å². The van der Waals surface area contributed by atoms with Gasteiger partial charge in [0.05, 0.1) is 0 Å². The molecule has 1 rings (SSSR count). The van der Waals surface area contributed by atoms with E-state index < -0.39 is 0 Å². The summed E-state index contributed by atoms with van der Waals surface area (Å²) < 4.78 is 5.23. The molecule has 1 atom stereocenters. The van der Waals surface area contributed by atoms with Gasteiger partial charge in [0.1, 0.15) is 0 Å². The predicted molar refractivity (Wildman–Crippen MR) is 40.5 cm³/mol. The normalized spacial score (nSPS) is 26.1. The lowest BCUT2D eigenvalue weighted by Crippen LogP contribution is -2.30. The molecule has 60 valence electrons. The monoisotopic (exact) mass is 144 g/mol. The Kier molecular flexibility index (Phi) is 3.12. The van der Waals surface area contributed by atoms with Crippen molar-refractivity contribution in [2.75, 3.05) is 26.3 Å². The molecule has 0 aromatic carbocycles. The van der Waals surface area contributed by atoms with Crippen molar-refractivity contribution in [1.29, 1.82) is 0 Å². The zero-order valence-electron chi connectivity index (χ0n) is 6.25. The Morgan fingerprint density at radius 1 is 1.40 bits per heavy atom. The van der Waals surface area contributed by atoms with Gasteiger partial charge in [-0.1, -0.05) is 0 Å². The van der Waals surface area contributed by atoms with Gasteiger partial charge in [-0.3, -0.25) is 0 Å². The van der Waals surface area contributed by atoms with E-state index in [-0.39, 0.29) is 0 Å². The maximum Gasteiger partial charge on any atom is 0.0498 e. The fraction of sp³-hybridized carbons (Fsp3) is 1.00. The van der Waals surface area contributed by atoms with Crippen LogP contribution in [0.4, 0.5) is 0 Å². The molecule has 1 aliphatic rings. The molecule has 1 heterocycles. The smallest absolute Gasteiger partial charge is 0.0498 e. The van der Waals surface area contributed by atoms with Crippen LogP contribution in [0.1, 0.15) is 6.42 Å². The third-order valence-electron chi connectivity index (χ3n) is 2.24. The molecule has 1 aliphatic heterocycles. The third-order valence-corrected chi connectivity index (χ3v) is 2.24. The number of ether oxygens (including phenoxy) is 1. The summed E-state index contributed by atoms with van der Waals surface area (Å²) in [5.74, 6) is 1.09. The second-order valence-electron chi connectivity index (χ2n) is 2.86. The van der Waals surface area contributed by atoms with E-state index in [1.807, 2.05) is 0 Å². The molecule has 0 saturated carbocycles. The summed E-state index contributed by atoms with van der Waals surface area (Å²) in [6, 6.07) is 0. The maximum absolute atomic E-state index is 5.53. The summed E-state index contributed by atoms with van der Waals surface area (Å²) >= 11 is 0. The van der Waals surface area contributed by atoms with Crippen LogP contribution in [-0.4, -0.2) is 26.3 Å². The van der Waals surface area contributed by atoms with E-state index in [0.29, 0.717) is 24.9 Å². The Balaban J connectivity index is 2.29. The van der Waals surface area contributed by atoms with Gasteiger partial charge in [0, 0.05) is 13.2 Å². The quantitative estimate of drug-likeness (QED) is 0.564. The Morgan fingerprint density at radius 3 is 2.50 bits per heavy atom. The summed E-state index contributed by atoms with van der Waals surface area (Å²) in [7, 11) is 0. The largest absolute Gasteiger partial charge is 0.381 e. The summed E-state index contributed by atoms with van der Waals surface area (Å²) in [6.07, 6.45) is 1.14. The van der Waals surface area contributed by atoms with Crippen molar-refractivity contribution in [1.82, 2.24) is 0 Å². The van der Waals surface area contributed by atoms with Crippen molar-refractivity contribution in [3.8, 4) is 0 Å². The molecule has 0 bridgehead atoms. The van der Waals surface area contributed by atoms with Crippen LogP contribution in [-0.2, 0) is 4.74 Å². The van der Waals surface area contributed by atoms with Crippen LogP contribution in [0.5, 0.6) is 0 Å². The SMILES string of the molecule is NCC(CN)C1CCOC1. The third kappa shape index (κ3) is 1.68. The van der Waals surface area contributed by atoms with E-state index in [1.165, 1.54) is 0 Å². The average Bonchev–Trinajstić information content (AvgIpc) is 2.43. The molecule has 0 radical (unpaired) electrons. The van der Waals surface area contributed by atoms with E-state index in [1.54, 1.807) is 0 Å². The minimum absolute atomic E-state index is 0.475. The molecule has 0 aromatic heterocycles. The van der Waals surface area contributed by atoms with Crippen LogP contribution in [0.15, 0.2) is 0 Å². The van der Waals surface area contributed by atoms with Gasteiger partial charge in [-0.2, -0.15) is 0 Å². The Labute approximate surface area is 61.7 Å². The Bertz CT molecular complexity index is 87.6. The van der Waals surface area contributed by atoms with Crippen LogP contribution < -0.4 is 11.5 Å². The zero-order chi connectivity index (χ0) is 7.40. The number of nitrogens with two attached hydrogens (primary N) is 2. The molecular weight excluding hydrogens is 128 g/mol. The summed E-state index contributed by atoms with van der Waals surface area (Å²) in [6.45, 7) is 3.15. The maximum atomic E-state index is 5.53. The molecule has 1 unspecified atom stereocenters. The minimum atomic E-state index is 0.475. The van der Waals surface area contributed by atoms with Crippen molar-refractivity contribution in [3.05, 3.63) is 0 Å². The fourth-order valence-electron chi connectivity index (χ4n) is 1.41. The Morgan fingerprint density at radius 2 is 2.10 bits per heavy atom. The molecule has 0 spiro atoms. The number of hydrogen-bond donors (Lipinski definition) is 2. The topological polar surface area (TPSA) is 61.3 Å². The second kappa shape index (κ2) is 3.91. The molecule has 4 N–H and O–H groups in total. The predicted octanol–water partition coefficient (Wildman–Crippen LogP) is -0.443. The van der Waals surface area contributed by atoms with Gasteiger partial charge < -0.3 is 16.2 Å². The highest BCUT2D eigenvalue weighted by Crippen LogP contribution is 2.20. The van der Waals surface area contributed by atoms with Gasteiger partial charge in [0.2, 0.25) is 0 Å². The summed E-state index contributed by atoms with van der Waals surface area (Å²) in [5, 5.41) is 0. The molecule has 1 fully saturated rings. The van der Waals surface area contributed by atoms with Crippen molar-refractivity contribution >= 4 is 0 Å². The van der Waals surface area contributed by atoms with Crippen molar-refractivity contribution in [2.45, 2.75) is 6.42 Å². The lowest BCUT2D eigenvalue weighted by molar-refractivity contribution is 0.173. The first-order valence-electron chi connectivity index (χ1n) is 3.86. The highest BCUT2D eigenvalue weighted by Gasteiger charge is 2.22. The Hall–Kier alpha value is -0.120. The van der Waals surface area contributed by atoms with Crippen LogP contribution in [0, 0.1) is 11.8 Å². The van der Waals surface area contributed by atoms with Crippen LogP contribution in [0.2, 0.25) is 0 Å². The van der Waals surface area contributed by atoms with Crippen LogP contribution in [0.25, 0.3) is 0 Å². The highest BCUT2D eigenvalue weighted by molar-refractivity contribution is 4.74. The summed E-state index contributed by atoms with van der Waals surface area (Å²) in [5.41, 5.74) is 11.1. The van der Waals surface area contributed by atoms with Gasteiger partial charge in [-0.05, 0) is 31.3 Å². The van der Waals surface area contributed by atoms with E-state index in [2.05, 4.69) is 0 Å². The van der Waals surface area contributed by atoms with E-state index in [9.17, 15) is 0 Å². The average molecular weight is 144 g/mol. The molecule has 10 heavy (non-hydrogen) atoms. The van der Waals surface area contributed by atoms with Crippen molar-refractivity contribution < 1.29 is 4.74 Å². The highest BCUT2D eigenvalue weighted by atomic mass is 16.5. The van der Waals surface area contributed by atoms with Crippen molar-refractivity contribution in [3.63, 3.8) is 0 Å². The molecule has 3 nitrogen and oxygen atoms in total. The molecule has 3 heteroatoms. The minimum Gasteiger partial charge on any atom is -0.381 e. The van der Waals surface area contributed by atoms with E-state index in [0.717, 1.165) is 19.6 Å². The first-order valence-corrected chi connectivity index (χ1v) is 3.86. The van der Waals surface area contributed by atoms with Gasteiger partial charge in [0.25, 0.3) is 0 Å². The van der Waals surface area contributed by atoms with Gasteiger partial charge in [-0.15, -0.1) is 0 Å². The molecule has 1 saturated heterocycles. The molecule has 0 aliphatic carbocycles. The number of hydrogen-bond acceptors (Lipinski definition) is 3. The lowest BCUT2D eigenvalue weighted by Gasteiger charge is -2.17. The van der Waals surface area contributed by atoms with Gasteiger partial charge in [-0.25, -0.2) is 0 Å². The lowest BCUT2D eigenvalue weighted by atomic mass is 9.92. The van der Waals surface area contributed by atoms with E-state index >= 15 is 0 Å². The first kappa shape index (κ1) is 7.98. The number of rotatable bonds is 3. The zero-order valence-corrected chi connectivity index (χ0v) is 6.25. The molecule has 0 amide bonds. The fourth-order valence-corrected chi connectivity index (χ4v) is 1.41. The standard InChI is InChI=1S/C7H16N2O/c8-3-7(4-9)6-1-2-10-5-6/h6-7H,1-5,8-9H2. The molecule has 0 aromatic rings. The summed E-state index contributed by atoms with van der Waals surface area (Å²) in [4.78, 5) is 0. The van der Waals surface area contributed by atoms with Gasteiger partial charge >= 0.3 is 0 Å². The van der Waals surface area contributed by atoms with Crippen LogP contribution >= 0.6 is 0 Å². The first-order chi connectivity index (χ1) is 4.88. The van der Waals surface area contributed by atoms with Crippen LogP contribution in [0.3, 0.4) is 0 Å². The molecular formula is C7H16N2O. The van der Waals surface area contributed by atoms with Crippen molar-refractivity contribution in [2.24, 2.45) is 23.3 Å².